The number of unbranched alkanes of at least 4 members (excludes halogenated alkanes) is 1. The Bertz CT molecular complexity index is 484. The molecular weight excluding hydrogens is 280 g/mol. The van der Waals surface area contributed by atoms with Crippen LogP contribution in [0.25, 0.3) is 0 Å². The number of rotatable bonds is 4. The molecule has 0 bridgehead atoms. The Balaban J connectivity index is 1.95. The van der Waals surface area contributed by atoms with Crippen molar-refractivity contribution in [3.05, 3.63) is 30.3 Å². The number of anilines is 1. The van der Waals surface area contributed by atoms with Crippen LogP contribution in [0.1, 0.15) is 19.8 Å². The van der Waals surface area contributed by atoms with Crippen LogP contribution in [0.2, 0.25) is 0 Å². The highest BCUT2D eigenvalue weighted by atomic mass is 16.5. The number of nitrogens with zero attached hydrogens (tertiary/aromatic N) is 2. The standard InChI is InChI=1S/C16H24N4O2/c1-2-3-9-17-15(20-10-12-22-13-11-20)19-16(21)18-14-7-5-4-6-8-14/h4-8H,2-3,9-13H2,1H3,(H2,17,18,19,21). The van der Waals surface area contributed by atoms with Crippen molar-refractivity contribution in [1.82, 2.24) is 10.2 Å². The van der Waals surface area contributed by atoms with Crippen LogP contribution in [0.5, 0.6) is 0 Å². The van der Waals surface area contributed by atoms with Gasteiger partial charge >= 0.3 is 6.03 Å². The number of nitrogens with one attached hydrogen (secondary N) is 2. The SMILES string of the molecule is CCCCN=C(NC(=O)Nc1ccccc1)N1CCOCC1. The maximum Gasteiger partial charge on any atom is 0.325 e. The Hall–Kier alpha value is -2.08. The Morgan fingerprint density at radius 3 is 2.68 bits per heavy atom. The number of hydrogen-bond acceptors (Lipinski definition) is 3. The molecule has 6 nitrogen and oxygen atoms in total. The molecule has 0 saturated carbocycles. The van der Waals surface area contributed by atoms with Crippen LogP contribution >= 0.6 is 0 Å². The predicted octanol–water partition coefficient (Wildman–Crippen LogP) is 2.30. The second kappa shape index (κ2) is 9.04. The number of hydrogen-bond donors (Lipinski definition) is 2. The average molecular weight is 304 g/mol. The van der Waals surface area contributed by atoms with E-state index in [0.29, 0.717) is 19.2 Å². The van der Waals surface area contributed by atoms with Gasteiger partial charge in [-0.2, -0.15) is 0 Å². The van der Waals surface area contributed by atoms with Crippen molar-refractivity contribution in [3.8, 4) is 0 Å². The maximum absolute atomic E-state index is 12.1. The van der Waals surface area contributed by atoms with Crippen LogP contribution in [0.4, 0.5) is 10.5 Å². The highest BCUT2D eigenvalue weighted by Gasteiger charge is 2.17. The maximum atomic E-state index is 12.1. The molecule has 1 fully saturated rings. The lowest BCUT2D eigenvalue weighted by Gasteiger charge is -2.29. The minimum absolute atomic E-state index is 0.270. The number of morpholine rings is 1. The third-order valence-electron chi connectivity index (χ3n) is 3.34. The fourth-order valence-corrected chi connectivity index (χ4v) is 2.12. The first-order valence-electron chi connectivity index (χ1n) is 7.80. The van der Waals surface area contributed by atoms with Crippen molar-refractivity contribution in [2.75, 3.05) is 38.2 Å². The van der Waals surface area contributed by atoms with Crippen molar-refractivity contribution in [1.29, 1.82) is 0 Å². The number of carbonyl (C=O) groups is 1. The Kier molecular flexibility index (Phi) is 6.70. The van der Waals surface area contributed by atoms with Crippen LogP contribution in [-0.4, -0.2) is 49.7 Å². The van der Waals surface area contributed by atoms with Gasteiger partial charge in [-0.05, 0) is 18.6 Å². The number of benzene rings is 1. The van der Waals surface area contributed by atoms with E-state index in [1.807, 2.05) is 30.3 Å². The quantitative estimate of drug-likeness (QED) is 0.509. The first-order valence-corrected chi connectivity index (χ1v) is 7.80. The van der Waals surface area contributed by atoms with Gasteiger partial charge in [-0.3, -0.25) is 10.3 Å². The van der Waals surface area contributed by atoms with Crippen LogP contribution in [0, 0.1) is 0 Å². The summed E-state index contributed by atoms with van der Waals surface area (Å²) in [4.78, 5) is 18.7. The normalized spacial score (nSPS) is 15.5. The summed E-state index contributed by atoms with van der Waals surface area (Å²) < 4.78 is 5.35. The van der Waals surface area contributed by atoms with Gasteiger partial charge < -0.3 is 15.0 Å². The summed E-state index contributed by atoms with van der Waals surface area (Å²) >= 11 is 0. The van der Waals surface area contributed by atoms with Gasteiger partial charge in [-0.15, -0.1) is 0 Å². The van der Waals surface area contributed by atoms with Gasteiger partial charge in [0.1, 0.15) is 0 Å². The van der Waals surface area contributed by atoms with Crippen molar-refractivity contribution in [3.63, 3.8) is 0 Å². The largest absolute Gasteiger partial charge is 0.378 e. The molecule has 120 valence electrons. The molecule has 1 aliphatic heterocycles. The molecule has 2 amide bonds. The number of ether oxygens (including phenoxy) is 1. The van der Waals surface area contributed by atoms with Crippen molar-refractivity contribution in [2.24, 2.45) is 4.99 Å². The predicted molar refractivity (Wildman–Crippen MR) is 88.2 cm³/mol. The lowest BCUT2D eigenvalue weighted by Crippen LogP contribution is -2.50. The number of amides is 2. The summed E-state index contributed by atoms with van der Waals surface area (Å²) in [6, 6.07) is 9.11. The number of carbonyl (C=O) groups excluding carboxylic acids is 1. The topological polar surface area (TPSA) is 66.0 Å². The van der Waals surface area contributed by atoms with E-state index < -0.39 is 0 Å². The van der Waals surface area contributed by atoms with Crippen molar-refractivity contribution in [2.45, 2.75) is 19.8 Å². The molecule has 1 aromatic carbocycles. The summed E-state index contributed by atoms with van der Waals surface area (Å²) in [6.45, 7) is 5.66. The Morgan fingerprint density at radius 1 is 1.27 bits per heavy atom. The van der Waals surface area contributed by atoms with E-state index in [9.17, 15) is 4.79 Å². The molecule has 0 aliphatic carbocycles. The van der Waals surface area contributed by atoms with E-state index >= 15 is 0 Å². The first kappa shape index (κ1) is 16.3. The van der Waals surface area contributed by atoms with Gasteiger partial charge in [0.15, 0.2) is 0 Å². The van der Waals surface area contributed by atoms with E-state index in [4.69, 9.17) is 4.74 Å². The molecular formula is C16H24N4O2. The Labute approximate surface area is 131 Å². The molecule has 1 heterocycles. The van der Waals surface area contributed by atoms with E-state index in [0.717, 1.165) is 38.2 Å². The number of urea groups is 1. The summed E-state index contributed by atoms with van der Waals surface area (Å²) in [7, 11) is 0. The smallest absolute Gasteiger partial charge is 0.325 e. The van der Waals surface area contributed by atoms with Gasteiger partial charge in [0.05, 0.1) is 13.2 Å². The molecule has 0 radical (unpaired) electrons. The zero-order chi connectivity index (χ0) is 15.6. The minimum atomic E-state index is -0.270. The zero-order valence-corrected chi connectivity index (χ0v) is 13.0. The second-order valence-electron chi connectivity index (χ2n) is 5.10. The molecule has 0 unspecified atom stereocenters. The fraction of sp³-hybridized carbons (Fsp3) is 0.500. The molecule has 1 aliphatic rings. The molecule has 22 heavy (non-hydrogen) atoms. The highest BCUT2D eigenvalue weighted by Crippen LogP contribution is 2.05. The highest BCUT2D eigenvalue weighted by molar-refractivity contribution is 6.02. The summed E-state index contributed by atoms with van der Waals surface area (Å²) in [6.07, 6.45) is 2.09. The number of para-hydroxylation sites is 1. The number of guanidine groups is 1. The van der Waals surface area contributed by atoms with E-state index in [2.05, 4.69) is 27.4 Å². The molecule has 1 saturated heterocycles. The van der Waals surface area contributed by atoms with Crippen LogP contribution in [0.15, 0.2) is 35.3 Å². The van der Waals surface area contributed by atoms with Gasteiger partial charge in [0, 0.05) is 25.3 Å². The molecule has 2 rings (SSSR count). The number of aliphatic imine (C=N–C) groups is 1. The summed E-state index contributed by atoms with van der Waals surface area (Å²) in [5, 5.41) is 5.68. The van der Waals surface area contributed by atoms with Gasteiger partial charge in [-0.25, -0.2) is 4.79 Å². The molecule has 6 heteroatoms. The molecule has 0 aromatic heterocycles. The van der Waals surface area contributed by atoms with Crippen LogP contribution in [-0.2, 0) is 4.74 Å². The molecule has 0 spiro atoms. The van der Waals surface area contributed by atoms with Crippen molar-refractivity contribution < 1.29 is 9.53 Å². The zero-order valence-electron chi connectivity index (χ0n) is 13.0. The molecule has 2 N–H and O–H groups in total. The molecule has 0 atom stereocenters. The lowest BCUT2D eigenvalue weighted by atomic mass is 10.3. The van der Waals surface area contributed by atoms with E-state index in [1.165, 1.54) is 0 Å². The second-order valence-corrected chi connectivity index (χ2v) is 5.10. The Morgan fingerprint density at radius 2 is 2.00 bits per heavy atom. The van der Waals surface area contributed by atoms with Crippen LogP contribution < -0.4 is 10.6 Å². The fourth-order valence-electron chi connectivity index (χ4n) is 2.12. The monoisotopic (exact) mass is 304 g/mol. The minimum Gasteiger partial charge on any atom is -0.378 e. The summed E-state index contributed by atoms with van der Waals surface area (Å²) in [5.41, 5.74) is 0.759. The van der Waals surface area contributed by atoms with E-state index in [1.54, 1.807) is 0 Å². The lowest BCUT2D eigenvalue weighted by molar-refractivity contribution is 0.0667. The third kappa shape index (κ3) is 5.37. The van der Waals surface area contributed by atoms with Crippen LogP contribution in [0.3, 0.4) is 0 Å². The van der Waals surface area contributed by atoms with Gasteiger partial charge in [-0.1, -0.05) is 31.5 Å². The van der Waals surface area contributed by atoms with Gasteiger partial charge in [0.2, 0.25) is 5.96 Å². The molecule has 1 aromatic rings. The van der Waals surface area contributed by atoms with E-state index in [-0.39, 0.29) is 6.03 Å². The van der Waals surface area contributed by atoms with Crippen molar-refractivity contribution >= 4 is 17.7 Å². The first-order chi connectivity index (χ1) is 10.8. The third-order valence-corrected chi connectivity index (χ3v) is 3.34. The van der Waals surface area contributed by atoms with Gasteiger partial charge in [0.25, 0.3) is 0 Å². The summed E-state index contributed by atoms with van der Waals surface area (Å²) in [5.74, 6) is 0.630. The average Bonchev–Trinajstić information content (AvgIpc) is 2.56.